The van der Waals surface area contributed by atoms with Crippen molar-refractivity contribution in [3.05, 3.63) is 29.8 Å². The average Bonchev–Trinajstić information content (AvgIpc) is 2.37. The molecule has 1 aromatic carbocycles. The summed E-state index contributed by atoms with van der Waals surface area (Å²) >= 11 is 1.72. The molecule has 0 aliphatic rings. The summed E-state index contributed by atoms with van der Waals surface area (Å²) in [4.78, 5) is 0. The van der Waals surface area contributed by atoms with Gasteiger partial charge in [-0.1, -0.05) is 19.1 Å². The number of rotatable bonds is 8. The highest BCUT2D eigenvalue weighted by Gasteiger charge is 2.31. The molecule has 114 valence electrons. The Hall–Kier alpha value is -0.880. The summed E-state index contributed by atoms with van der Waals surface area (Å²) in [5.74, 6) is 0.786. The molecule has 20 heavy (non-hydrogen) atoms. The first kappa shape index (κ1) is 17.2. The third-order valence-electron chi connectivity index (χ3n) is 2.75. The number of hydrogen-bond donors (Lipinski definition) is 1. The van der Waals surface area contributed by atoms with Gasteiger partial charge in [0.25, 0.3) is 0 Å². The Morgan fingerprint density at radius 1 is 1.35 bits per heavy atom. The minimum absolute atomic E-state index is 0.0548. The van der Waals surface area contributed by atoms with Crippen LogP contribution in [0.1, 0.15) is 31.4 Å². The van der Waals surface area contributed by atoms with E-state index in [-0.39, 0.29) is 11.8 Å². The van der Waals surface area contributed by atoms with Gasteiger partial charge in [-0.15, -0.1) is 13.2 Å². The highest BCUT2D eigenvalue weighted by atomic mass is 32.2. The molecule has 0 bridgehead atoms. The number of halogens is 3. The van der Waals surface area contributed by atoms with Gasteiger partial charge in [0.1, 0.15) is 5.75 Å². The molecule has 0 aliphatic carbocycles. The highest BCUT2D eigenvalue weighted by molar-refractivity contribution is 7.98. The number of ether oxygens (including phenoxy) is 1. The third-order valence-corrected chi connectivity index (χ3v) is 3.39. The summed E-state index contributed by atoms with van der Waals surface area (Å²) in [5, 5.41) is 3.36. The van der Waals surface area contributed by atoms with Crippen molar-refractivity contribution >= 4 is 11.8 Å². The van der Waals surface area contributed by atoms with E-state index in [9.17, 15) is 13.2 Å². The Kier molecular flexibility index (Phi) is 7.23. The molecule has 0 heterocycles. The smallest absolute Gasteiger partial charge is 0.406 e. The zero-order valence-corrected chi connectivity index (χ0v) is 12.5. The first-order chi connectivity index (χ1) is 9.46. The van der Waals surface area contributed by atoms with Crippen LogP contribution < -0.4 is 10.1 Å². The second-order valence-corrected chi connectivity index (χ2v) is 5.39. The molecule has 0 fully saturated rings. The Morgan fingerprint density at radius 2 is 2.10 bits per heavy atom. The van der Waals surface area contributed by atoms with E-state index in [4.69, 9.17) is 0 Å². The molecule has 0 saturated carbocycles. The molecule has 0 radical (unpaired) electrons. The van der Waals surface area contributed by atoms with Crippen LogP contribution in [0, 0.1) is 0 Å². The second-order valence-electron chi connectivity index (χ2n) is 4.41. The quantitative estimate of drug-likeness (QED) is 0.770. The maximum atomic E-state index is 12.2. The fourth-order valence-corrected chi connectivity index (χ4v) is 2.34. The summed E-state index contributed by atoms with van der Waals surface area (Å²) in [5.41, 5.74) is 0.828. The number of benzene rings is 1. The lowest BCUT2D eigenvalue weighted by Gasteiger charge is -2.19. The van der Waals surface area contributed by atoms with Crippen molar-refractivity contribution in [2.24, 2.45) is 0 Å². The number of thioether (sulfide) groups is 1. The van der Waals surface area contributed by atoms with Crippen molar-refractivity contribution in [1.29, 1.82) is 0 Å². The van der Waals surface area contributed by atoms with Crippen LogP contribution in [0.25, 0.3) is 0 Å². The molecular formula is C14H20F3NOS. The first-order valence-corrected chi connectivity index (χ1v) is 7.93. The lowest BCUT2D eigenvalue weighted by molar-refractivity contribution is -0.274. The number of alkyl halides is 3. The molecule has 6 heteroatoms. The van der Waals surface area contributed by atoms with Gasteiger partial charge in [0, 0.05) is 6.04 Å². The van der Waals surface area contributed by atoms with Crippen LogP contribution in [0.3, 0.4) is 0 Å². The first-order valence-electron chi connectivity index (χ1n) is 6.54. The van der Waals surface area contributed by atoms with Gasteiger partial charge < -0.3 is 10.1 Å². The van der Waals surface area contributed by atoms with Crippen LogP contribution in [0.15, 0.2) is 24.3 Å². The van der Waals surface area contributed by atoms with Gasteiger partial charge in [0.05, 0.1) is 0 Å². The average molecular weight is 307 g/mol. The minimum atomic E-state index is -4.65. The van der Waals surface area contributed by atoms with Crippen molar-refractivity contribution < 1.29 is 17.9 Å². The molecule has 0 spiro atoms. The van der Waals surface area contributed by atoms with Crippen LogP contribution in [0.4, 0.5) is 13.2 Å². The molecular weight excluding hydrogens is 287 g/mol. The van der Waals surface area contributed by atoms with E-state index < -0.39 is 6.36 Å². The Balaban J connectivity index is 2.81. The van der Waals surface area contributed by atoms with E-state index in [2.05, 4.69) is 17.0 Å². The standard InChI is InChI=1S/C14H20F3NOS/c1-3-8-18-13(7-9-20-2)11-5-4-6-12(10-11)19-14(15,16)17/h4-6,10,13,18H,3,7-9H2,1-2H3. The van der Waals surface area contributed by atoms with E-state index in [1.54, 1.807) is 17.8 Å². The Labute approximate surface area is 122 Å². The third kappa shape index (κ3) is 6.52. The minimum Gasteiger partial charge on any atom is -0.406 e. The molecule has 1 aromatic rings. The normalized spacial score (nSPS) is 13.2. The lowest BCUT2D eigenvalue weighted by atomic mass is 10.0. The van der Waals surface area contributed by atoms with Gasteiger partial charge >= 0.3 is 6.36 Å². The molecule has 0 amide bonds. The van der Waals surface area contributed by atoms with E-state index in [1.165, 1.54) is 12.1 Å². The lowest BCUT2D eigenvalue weighted by Crippen LogP contribution is -2.23. The van der Waals surface area contributed by atoms with Crippen LogP contribution in [0.2, 0.25) is 0 Å². The van der Waals surface area contributed by atoms with Crippen LogP contribution in [-0.2, 0) is 0 Å². The van der Waals surface area contributed by atoms with Gasteiger partial charge in [-0.3, -0.25) is 0 Å². The molecule has 2 nitrogen and oxygen atoms in total. The number of hydrogen-bond acceptors (Lipinski definition) is 3. The highest BCUT2D eigenvalue weighted by Crippen LogP contribution is 2.27. The summed E-state index contributed by atoms with van der Waals surface area (Å²) < 4.78 is 40.7. The zero-order chi connectivity index (χ0) is 15.0. The summed E-state index contributed by atoms with van der Waals surface area (Å²) in [6.07, 6.45) is -0.782. The topological polar surface area (TPSA) is 21.3 Å². The summed E-state index contributed by atoms with van der Waals surface area (Å²) in [7, 11) is 0. The molecule has 0 aliphatic heterocycles. The molecule has 0 saturated heterocycles. The van der Waals surface area contributed by atoms with Gasteiger partial charge in [-0.05, 0) is 49.1 Å². The molecule has 1 atom stereocenters. The molecule has 0 aromatic heterocycles. The predicted molar refractivity (Wildman–Crippen MR) is 77.2 cm³/mol. The van der Waals surface area contributed by atoms with Gasteiger partial charge in [-0.2, -0.15) is 11.8 Å². The van der Waals surface area contributed by atoms with Crippen LogP contribution >= 0.6 is 11.8 Å². The van der Waals surface area contributed by atoms with Crippen LogP contribution in [-0.4, -0.2) is 24.9 Å². The van der Waals surface area contributed by atoms with Crippen LogP contribution in [0.5, 0.6) is 5.75 Å². The fourth-order valence-electron chi connectivity index (χ4n) is 1.87. The Bertz CT molecular complexity index is 390. The van der Waals surface area contributed by atoms with Crippen molar-refractivity contribution in [3.8, 4) is 5.75 Å². The zero-order valence-electron chi connectivity index (χ0n) is 11.7. The SMILES string of the molecule is CCCNC(CCSC)c1cccc(OC(F)(F)F)c1. The van der Waals surface area contributed by atoms with E-state index in [1.807, 2.05) is 12.3 Å². The summed E-state index contributed by atoms with van der Waals surface area (Å²) in [6.45, 7) is 2.89. The van der Waals surface area contributed by atoms with Gasteiger partial charge in [-0.25, -0.2) is 0 Å². The summed E-state index contributed by atoms with van der Waals surface area (Å²) in [6, 6.07) is 6.26. The number of nitrogens with one attached hydrogen (secondary N) is 1. The fraction of sp³-hybridized carbons (Fsp3) is 0.571. The predicted octanol–water partition coefficient (Wildman–Crippen LogP) is 4.38. The molecule has 1 unspecified atom stereocenters. The van der Waals surface area contributed by atoms with Crippen molar-refractivity contribution in [2.75, 3.05) is 18.6 Å². The van der Waals surface area contributed by atoms with E-state index in [0.717, 1.165) is 30.7 Å². The maximum absolute atomic E-state index is 12.2. The van der Waals surface area contributed by atoms with E-state index in [0.29, 0.717) is 0 Å². The maximum Gasteiger partial charge on any atom is 0.573 e. The van der Waals surface area contributed by atoms with Crippen molar-refractivity contribution in [1.82, 2.24) is 5.32 Å². The second kappa shape index (κ2) is 8.42. The monoisotopic (exact) mass is 307 g/mol. The largest absolute Gasteiger partial charge is 0.573 e. The van der Waals surface area contributed by atoms with Gasteiger partial charge in [0.15, 0.2) is 0 Å². The molecule has 1 N–H and O–H groups in total. The van der Waals surface area contributed by atoms with Crippen molar-refractivity contribution in [2.45, 2.75) is 32.2 Å². The van der Waals surface area contributed by atoms with E-state index >= 15 is 0 Å². The Morgan fingerprint density at radius 3 is 2.70 bits per heavy atom. The van der Waals surface area contributed by atoms with Gasteiger partial charge in [0.2, 0.25) is 0 Å². The van der Waals surface area contributed by atoms with Crippen molar-refractivity contribution in [3.63, 3.8) is 0 Å². The molecule has 1 rings (SSSR count).